The van der Waals surface area contributed by atoms with Crippen molar-refractivity contribution >= 4 is 29.1 Å². The van der Waals surface area contributed by atoms with Crippen molar-refractivity contribution in [3.8, 4) is 11.1 Å². The molecule has 0 spiro atoms. The summed E-state index contributed by atoms with van der Waals surface area (Å²) < 4.78 is 14.9. The summed E-state index contributed by atoms with van der Waals surface area (Å²) in [5.74, 6) is -0.541. The first-order valence-corrected chi connectivity index (χ1v) is 16.4. The number of ketones is 1. The van der Waals surface area contributed by atoms with Crippen molar-refractivity contribution in [2.24, 2.45) is 38.7 Å². The van der Waals surface area contributed by atoms with E-state index >= 15 is 0 Å². The Labute approximate surface area is 275 Å². The minimum absolute atomic E-state index is 0.0610. The maximum Gasteiger partial charge on any atom is 0.251 e. The lowest BCUT2D eigenvalue weighted by Crippen LogP contribution is -2.31. The molecule has 0 bridgehead atoms. The van der Waals surface area contributed by atoms with E-state index in [1.54, 1.807) is 25.1 Å². The fraction of sp³-hybridized carbons (Fsp3) is 0.405. The third-order valence-electron chi connectivity index (χ3n) is 9.09. The normalized spacial score (nSPS) is 18.1. The Balaban J connectivity index is 1.34. The number of carbonyl (C=O) groups is 3. The Morgan fingerprint density at radius 1 is 0.957 bits per heavy atom. The number of rotatable bonds is 12. The highest BCUT2D eigenvalue weighted by Crippen LogP contribution is 2.32. The summed E-state index contributed by atoms with van der Waals surface area (Å²) in [5, 5.41) is 13.7. The first kappa shape index (κ1) is 33.8. The molecule has 1 aliphatic heterocycles. The molecule has 246 valence electrons. The molecule has 0 saturated heterocycles. The SMILES string of the molecule is Cc1c(F)cc(C(=O)NC(C)C)cc1-c1ccc(C[C@H](CC(=O)C2CCC(CN)CC2)C(=O)Nc2ccc(C3=NCN=N3)cc2)cc1. The fourth-order valence-electron chi connectivity index (χ4n) is 6.27. The maximum atomic E-state index is 14.9. The number of anilines is 1. The van der Waals surface area contributed by atoms with Crippen molar-refractivity contribution in [2.45, 2.75) is 65.3 Å². The molecule has 3 aromatic carbocycles. The molecule has 1 fully saturated rings. The third-order valence-corrected chi connectivity index (χ3v) is 9.09. The second kappa shape index (κ2) is 15.3. The standard InChI is InChI=1S/C37H43FN6O3/c1-22(2)42-36(46)30-17-32(23(3)33(38)18-30)26-8-4-24(5-9-26)16-29(19-34(45)27-10-6-25(20-39)7-11-27)37(47)43-31-14-12-28(13-15-31)35-40-21-41-44-35/h4-5,8-9,12-15,17-18,22,25,27,29H,6-7,10-11,16,19-21,39H2,1-3H3,(H,42,46)(H,43,47)/t25?,27?,29-/m1/s1. The number of aliphatic imine (C=N–C) groups is 1. The van der Waals surface area contributed by atoms with Crippen molar-refractivity contribution in [1.29, 1.82) is 0 Å². The van der Waals surface area contributed by atoms with Crippen LogP contribution in [0.2, 0.25) is 0 Å². The number of nitrogens with one attached hydrogen (secondary N) is 2. The van der Waals surface area contributed by atoms with Gasteiger partial charge in [0, 0.05) is 41.1 Å². The molecule has 0 aromatic heterocycles. The van der Waals surface area contributed by atoms with Gasteiger partial charge in [-0.15, -0.1) is 5.11 Å². The van der Waals surface area contributed by atoms with Gasteiger partial charge in [-0.25, -0.2) is 9.38 Å². The first-order chi connectivity index (χ1) is 22.6. The number of nitrogens with zero attached hydrogens (tertiary/aromatic N) is 3. The van der Waals surface area contributed by atoms with Gasteiger partial charge in [0.1, 0.15) is 11.6 Å². The average molecular weight is 639 g/mol. The summed E-state index contributed by atoms with van der Waals surface area (Å²) in [7, 11) is 0. The van der Waals surface area contributed by atoms with Crippen LogP contribution in [-0.4, -0.2) is 42.7 Å². The van der Waals surface area contributed by atoms with E-state index in [2.05, 4.69) is 25.9 Å². The molecule has 9 nitrogen and oxygen atoms in total. The van der Waals surface area contributed by atoms with Crippen molar-refractivity contribution in [3.63, 3.8) is 0 Å². The number of nitrogens with two attached hydrogens (primary N) is 1. The Morgan fingerprint density at radius 3 is 2.26 bits per heavy atom. The zero-order chi connectivity index (χ0) is 33.5. The van der Waals surface area contributed by atoms with Crippen LogP contribution in [-0.2, 0) is 16.0 Å². The van der Waals surface area contributed by atoms with E-state index in [-0.39, 0.29) is 41.5 Å². The number of azo groups is 1. The van der Waals surface area contributed by atoms with Gasteiger partial charge in [-0.3, -0.25) is 14.4 Å². The predicted octanol–water partition coefficient (Wildman–Crippen LogP) is 6.63. The highest BCUT2D eigenvalue weighted by Gasteiger charge is 2.30. The number of halogens is 1. The number of carbonyl (C=O) groups excluding carboxylic acids is 3. The van der Waals surface area contributed by atoms with Gasteiger partial charge in [-0.2, -0.15) is 5.11 Å². The summed E-state index contributed by atoms with van der Waals surface area (Å²) in [6.07, 6.45) is 3.96. The van der Waals surface area contributed by atoms with Crippen LogP contribution in [0.4, 0.5) is 10.1 Å². The predicted molar refractivity (Wildman–Crippen MR) is 182 cm³/mol. The lowest BCUT2D eigenvalue weighted by Gasteiger charge is -2.27. The Kier molecular flexibility index (Phi) is 11.0. The van der Waals surface area contributed by atoms with E-state index in [0.29, 0.717) is 48.2 Å². The van der Waals surface area contributed by atoms with Gasteiger partial charge in [-0.1, -0.05) is 24.3 Å². The molecular weight excluding hydrogens is 595 g/mol. The number of hydrogen-bond acceptors (Lipinski definition) is 7. The largest absolute Gasteiger partial charge is 0.350 e. The van der Waals surface area contributed by atoms with Gasteiger partial charge in [0.25, 0.3) is 5.91 Å². The van der Waals surface area contributed by atoms with Crippen molar-refractivity contribution < 1.29 is 18.8 Å². The van der Waals surface area contributed by atoms with Gasteiger partial charge in [0.05, 0.1) is 0 Å². The summed E-state index contributed by atoms with van der Waals surface area (Å²) in [5.41, 5.74) is 10.2. The molecule has 3 aromatic rings. The smallest absolute Gasteiger partial charge is 0.251 e. The molecule has 1 atom stereocenters. The molecule has 2 amide bonds. The zero-order valence-electron chi connectivity index (χ0n) is 27.3. The number of amides is 2. The van der Waals surface area contributed by atoms with Crippen LogP contribution < -0.4 is 16.4 Å². The summed E-state index contributed by atoms with van der Waals surface area (Å²) in [6, 6.07) is 17.7. The van der Waals surface area contributed by atoms with Gasteiger partial charge < -0.3 is 16.4 Å². The van der Waals surface area contributed by atoms with Crippen LogP contribution in [0.15, 0.2) is 75.9 Å². The summed E-state index contributed by atoms with van der Waals surface area (Å²) >= 11 is 0. The van der Waals surface area contributed by atoms with Crippen LogP contribution in [0.1, 0.15) is 73.0 Å². The molecule has 0 radical (unpaired) electrons. The van der Waals surface area contributed by atoms with Crippen LogP contribution in [0.3, 0.4) is 0 Å². The molecule has 47 heavy (non-hydrogen) atoms. The first-order valence-electron chi connectivity index (χ1n) is 16.4. The molecule has 2 aliphatic rings. The van der Waals surface area contributed by atoms with Crippen LogP contribution >= 0.6 is 0 Å². The Hall–Kier alpha value is -4.57. The second-order valence-electron chi connectivity index (χ2n) is 12.9. The molecule has 1 heterocycles. The number of amidine groups is 1. The van der Waals surface area contributed by atoms with Crippen molar-refractivity contribution in [3.05, 3.63) is 88.7 Å². The molecule has 0 unspecified atom stereocenters. The summed E-state index contributed by atoms with van der Waals surface area (Å²) in [4.78, 5) is 44.1. The van der Waals surface area contributed by atoms with Gasteiger partial charge in [-0.05, 0) is 124 Å². The zero-order valence-corrected chi connectivity index (χ0v) is 27.3. The van der Waals surface area contributed by atoms with Gasteiger partial charge in [0.2, 0.25) is 5.91 Å². The molecular formula is C37H43FN6O3. The van der Waals surface area contributed by atoms with E-state index in [4.69, 9.17) is 5.73 Å². The monoisotopic (exact) mass is 638 g/mol. The third kappa shape index (κ3) is 8.62. The minimum Gasteiger partial charge on any atom is -0.350 e. The van der Waals surface area contributed by atoms with Crippen LogP contribution in [0, 0.1) is 30.5 Å². The van der Waals surface area contributed by atoms with E-state index in [0.717, 1.165) is 42.4 Å². The fourth-order valence-corrected chi connectivity index (χ4v) is 6.27. The Morgan fingerprint density at radius 2 is 1.64 bits per heavy atom. The van der Waals surface area contributed by atoms with Crippen LogP contribution in [0.5, 0.6) is 0 Å². The lowest BCUT2D eigenvalue weighted by atomic mass is 9.77. The van der Waals surface area contributed by atoms with E-state index in [1.807, 2.05) is 50.2 Å². The highest BCUT2D eigenvalue weighted by atomic mass is 19.1. The molecule has 1 aliphatic carbocycles. The molecule has 5 rings (SSSR count). The van der Waals surface area contributed by atoms with E-state index in [1.165, 1.54) is 6.07 Å². The van der Waals surface area contributed by atoms with Gasteiger partial charge in [0.15, 0.2) is 12.5 Å². The number of hydrogen-bond donors (Lipinski definition) is 3. The van der Waals surface area contributed by atoms with Crippen LogP contribution in [0.25, 0.3) is 11.1 Å². The molecule has 1 saturated carbocycles. The summed E-state index contributed by atoms with van der Waals surface area (Å²) in [6.45, 7) is 6.35. The minimum atomic E-state index is -0.587. The lowest BCUT2D eigenvalue weighted by molar-refractivity contribution is -0.129. The maximum absolute atomic E-state index is 14.9. The molecule has 10 heteroatoms. The van der Waals surface area contributed by atoms with Gasteiger partial charge >= 0.3 is 0 Å². The number of benzene rings is 3. The van der Waals surface area contributed by atoms with Crippen molar-refractivity contribution in [2.75, 3.05) is 18.5 Å². The average Bonchev–Trinajstić information content (AvgIpc) is 3.61. The highest BCUT2D eigenvalue weighted by molar-refractivity contribution is 6.01. The topological polar surface area (TPSA) is 138 Å². The van der Waals surface area contributed by atoms with E-state index < -0.39 is 11.7 Å². The Bertz CT molecular complexity index is 1660. The quantitative estimate of drug-likeness (QED) is 0.205. The van der Waals surface area contributed by atoms with Crippen molar-refractivity contribution in [1.82, 2.24) is 5.32 Å². The number of Topliss-reactive ketones (excluding diaryl/α,β-unsaturated/α-hetero) is 1. The molecule has 4 N–H and O–H groups in total. The van der Waals surface area contributed by atoms with E-state index in [9.17, 15) is 18.8 Å². The second-order valence-corrected chi connectivity index (χ2v) is 12.9.